The Labute approximate surface area is 130 Å². The highest BCUT2D eigenvalue weighted by Crippen LogP contribution is 2.39. The quantitative estimate of drug-likeness (QED) is 0.773. The van der Waals surface area contributed by atoms with Crippen LogP contribution in [0.3, 0.4) is 0 Å². The van der Waals surface area contributed by atoms with Gasteiger partial charge >= 0.3 is 0 Å². The van der Waals surface area contributed by atoms with Crippen molar-refractivity contribution in [1.29, 1.82) is 0 Å². The molecule has 1 fully saturated rings. The summed E-state index contributed by atoms with van der Waals surface area (Å²) in [4.78, 5) is 14.2. The van der Waals surface area contributed by atoms with Crippen LogP contribution < -0.4 is 14.2 Å². The molecule has 0 bridgehead atoms. The summed E-state index contributed by atoms with van der Waals surface area (Å²) >= 11 is 0. The number of benzene rings is 1. The summed E-state index contributed by atoms with van der Waals surface area (Å²) < 4.78 is 22.1. The van der Waals surface area contributed by atoms with Gasteiger partial charge in [0.2, 0.25) is 5.75 Å². The second-order valence-corrected chi connectivity index (χ2v) is 4.71. The molecular formula is C16H23NO5. The van der Waals surface area contributed by atoms with Crippen LogP contribution in [0.1, 0.15) is 31.1 Å². The number of nitrogens with zero attached hydrogens (tertiary/aromatic N) is 1. The molecule has 1 aromatic carbocycles. The minimum Gasteiger partial charge on any atom is -0.490 e. The molecule has 0 N–H and O–H groups in total. The van der Waals surface area contributed by atoms with Crippen LogP contribution in [0.25, 0.3) is 0 Å². The summed E-state index contributed by atoms with van der Waals surface area (Å²) in [5.41, 5.74) is 0.515. The van der Waals surface area contributed by atoms with Crippen LogP contribution in [0.2, 0.25) is 0 Å². The molecule has 0 spiro atoms. The van der Waals surface area contributed by atoms with Crippen LogP contribution in [0, 0.1) is 0 Å². The molecule has 0 radical (unpaired) electrons. The molecule has 0 saturated carbocycles. The first-order valence-electron chi connectivity index (χ1n) is 7.64. The zero-order valence-electron chi connectivity index (χ0n) is 13.4. The highest BCUT2D eigenvalue weighted by Gasteiger charge is 2.24. The Kier molecular flexibility index (Phi) is 5.89. The molecule has 1 saturated heterocycles. The molecule has 0 aromatic heterocycles. The molecule has 1 aliphatic heterocycles. The molecule has 0 unspecified atom stereocenters. The normalized spacial score (nSPS) is 14.0. The van der Waals surface area contributed by atoms with Gasteiger partial charge in [0, 0.05) is 12.1 Å². The number of hydrogen-bond acceptors (Lipinski definition) is 5. The SMILES string of the molecule is CCOc1cc(C(=O)N2CCOC2)cc(OCC)c1OCC. The fraction of sp³-hybridized carbons (Fsp3) is 0.562. The van der Waals surface area contributed by atoms with Crippen molar-refractivity contribution in [1.82, 2.24) is 4.90 Å². The Hall–Kier alpha value is -1.95. The number of amides is 1. The molecule has 122 valence electrons. The molecule has 1 amide bonds. The van der Waals surface area contributed by atoms with Gasteiger partial charge in [0.25, 0.3) is 5.91 Å². The monoisotopic (exact) mass is 309 g/mol. The molecule has 6 nitrogen and oxygen atoms in total. The van der Waals surface area contributed by atoms with Crippen molar-refractivity contribution in [3.05, 3.63) is 17.7 Å². The zero-order valence-corrected chi connectivity index (χ0v) is 13.4. The Morgan fingerprint density at radius 2 is 1.68 bits per heavy atom. The molecule has 6 heteroatoms. The van der Waals surface area contributed by atoms with Crippen molar-refractivity contribution >= 4 is 5.91 Å². The van der Waals surface area contributed by atoms with Gasteiger partial charge in [-0.15, -0.1) is 0 Å². The maximum Gasteiger partial charge on any atom is 0.256 e. The Morgan fingerprint density at radius 1 is 1.09 bits per heavy atom. The number of carbonyl (C=O) groups is 1. The number of carbonyl (C=O) groups excluding carboxylic acids is 1. The fourth-order valence-electron chi connectivity index (χ4n) is 2.27. The third kappa shape index (κ3) is 3.62. The second-order valence-electron chi connectivity index (χ2n) is 4.71. The van der Waals surface area contributed by atoms with Gasteiger partial charge in [0.05, 0.1) is 26.4 Å². The smallest absolute Gasteiger partial charge is 0.256 e. The van der Waals surface area contributed by atoms with Gasteiger partial charge < -0.3 is 23.8 Å². The molecular weight excluding hydrogens is 286 g/mol. The minimum atomic E-state index is -0.0949. The lowest BCUT2D eigenvalue weighted by atomic mass is 10.1. The van der Waals surface area contributed by atoms with Gasteiger partial charge in [-0.1, -0.05) is 0 Å². The fourth-order valence-corrected chi connectivity index (χ4v) is 2.27. The van der Waals surface area contributed by atoms with Crippen LogP contribution in [-0.4, -0.2) is 50.5 Å². The zero-order chi connectivity index (χ0) is 15.9. The molecule has 1 aromatic rings. The van der Waals surface area contributed by atoms with E-state index in [0.717, 1.165) is 0 Å². The molecule has 1 aliphatic rings. The maximum absolute atomic E-state index is 12.5. The number of hydrogen-bond donors (Lipinski definition) is 0. The highest BCUT2D eigenvalue weighted by atomic mass is 16.5. The average molecular weight is 309 g/mol. The summed E-state index contributed by atoms with van der Waals surface area (Å²) in [7, 11) is 0. The van der Waals surface area contributed by atoms with Crippen molar-refractivity contribution in [2.75, 3.05) is 39.7 Å². The first-order chi connectivity index (χ1) is 10.7. The lowest BCUT2D eigenvalue weighted by Crippen LogP contribution is -2.28. The van der Waals surface area contributed by atoms with Gasteiger partial charge in [-0.2, -0.15) is 0 Å². The van der Waals surface area contributed by atoms with Crippen molar-refractivity contribution in [2.45, 2.75) is 20.8 Å². The van der Waals surface area contributed by atoms with Gasteiger partial charge in [0.1, 0.15) is 6.73 Å². The van der Waals surface area contributed by atoms with E-state index in [9.17, 15) is 4.79 Å². The molecule has 0 aliphatic carbocycles. The average Bonchev–Trinajstić information content (AvgIpc) is 3.04. The van der Waals surface area contributed by atoms with Crippen molar-refractivity contribution in [3.8, 4) is 17.2 Å². The van der Waals surface area contributed by atoms with E-state index in [-0.39, 0.29) is 5.91 Å². The minimum absolute atomic E-state index is 0.0949. The second kappa shape index (κ2) is 7.89. The Morgan fingerprint density at radius 3 is 2.14 bits per heavy atom. The molecule has 0 atom stereocenters. The highest BCUT2D eigenvalue weighted by molar-refractivity contribution is 5.95. The standard InChI is InChI=1S/C16H23NO5/c1-4-20-13-9-12(16(18)17-7-8-19-11-17)10-14(21-5-2)15(13)22-6-3/h9-10H,4-8,11H2,1-3H3. The maximum atomic E-state index is 12.5. The van der Waals surface area contributed by atoms with Crippen LogP contribution in [0.15, 0.2) is 12.1 Å². The molecule has 1 heterocycles. The van der Waals surface area contributed by atoms with Gasteiger partial charge in [-0.25, -0.2) is 0 Å². The Balaban J connectivity index is 2.38. The number of rotatable bonds is 7. The summed E-state index contributed by atoms with van der Waals surface area (Å²) in [5, 5.41) is 0. The van der Waals surface area contributed by atoms with E-state index in [2.05, 4.69) is 0 Å². The Bertz CT molecular complexity index is 484. The lowest BCUT2D eigenvalue weighted by molar-refractivity contribution is 0.0694. The van der Waals surface area contributed by atoms with E-state index in [1.807, 2.05) is 20.8 Å². The lowest BCUT2D eigenvalue weighted by Gasteiger charge is -2.19. The van der Waals surface area contributed by atoms with E-state index in [0.29, 0.717) is 62.5 Å². The summed E-state index contributed by atoms with van der Waals surface area (Å²) in [6.07, 6.45) is 0. The van der Waals surface area contributed by atoms with E-state index < -0.39 is 0 Å². The van der Waals surface area contributed by atoms with E-state index in [1.54, 1.807) is 17.0 Å². The third-order valence-corrected chi connectivity index (χ3v) is 3.20. The first kappa shape index (κ1) is 16.4. The van der Waals surface area contributed by atoms with Gasteiger partial charge in [-0.05, 0) is 32.9 Å². The van der Waals surface area contributed by atoms with Crippen LogP contribution >= 0.6 is 0 Å². The predicted molar refractivity (Wildman–Crippen MR) is 81.8 cm³/mol. The predicted octanol–water partition coefficient (Wildman–Crippen LogP) is 2.31. The van der Waals surface area contributed by atoms with Crippen molar-refractivity contribution in [2.24, 2.45) is 0 Å². The number of ether oxygens (including phenoxy) is 4. The summed E-state index contributed by atoms with van der Waals surface area (Å²) in [5.74, 6) is 1.50. The molecule has 22 heavy (non-hydrogen) atoms. The summed E-state index contributed by atoms with van der Waals surface area (Å²) in [6, 6.07) is 3.41. The van der Waals surface area contributed by atoms with Crippen LogP contribution in [0.5, 0.6) is 17.2 Å². The summed E-state index contributed by atoms with van der Waals surface area (Å²) in [6.45, 7) is 8.61. The van der Waals surface area contributed by atoms with Crippen LogP contribution in [0.4, 0.5) is 0 Å². The van der Waals surface area contributed by atoms with E-state index >= 15 is 0 Å². The van der Waals surface area contributed by atoms with E-state index in [4.69, 9.17) is 18.9 Å². The van der Waals surface area contributed by atoms with Gasteiger partial charge in [0.15, 0.2) is 11.5 Å². The first-order valence-corrected chi connectivity index (χ1v) is 7.64. The van der Waals surface area contributed by atoms with Crippen molar-refractivity contribution < 1.29 is 23.7 Å². The molecule has 2 rings (SSSR count). The largest absolute Gasteiger partial charge is 0.490 e. The van der Waals surface area contributed by atoms with Crippen LogP contribution in [-0.2, 0) is 4.74 Å². The topological polar surface area (TPSA) is 57.2 Å². The van der Waals surface area contributed by atoms with E-state index in [1.165, 1.54) is 0 Å². The third-order valence-electron chi connectivity index (χ3n) is 3.20. The van der Waals surface area contributed by atoms with Crippen molar-refractivity contribution in [3.63, 3.8) is 0 Å². The van der Waals surface area contributed by atoms with Gasteiger partial charge in [-0.3, -0.25) is 4.79 Å².